The van der Waals surface area contributed by atoms with E-state index in [-0.39, 0.29) is 12.1 Å². The first-order valence-corrected chi connectivity index (χ1v) is 7.35. The van der Waals surface area contributed by atoms with Crippen LogP contribution in [0.5, 0.6) is 0 Å². The number of nitrogens with one attached hydrogen (secondary N) is 1. The van der Waals surface area contributed by atoms with Gasteiger partial charge in [0.25, 0.3) is 11.5 Å². The fourth-order valence-corrected chi connectivity index (χ4v) is 2.80. The van der Waals surface area contributed by atoms with Gasteiger partial charge in [-0.25, -0.2) is 4.98 Å². The van der Waals surface area contributed by atoms with Crippen molar-refractivity contribution in [2.24, 2.45) is 0 Å². The van der Waals surface area contributed by atoms with Gasteiger partial charge in [-0.05, 0) is 19.1 Å². The van der Waals surface area contributed by atoms with Crippen LogP contribution in [0, 0.1) is 6.92 Å². The van der Waals surface area contributed by atoms with Crippen LogP contribution < -0.4 is 10.9 Å². The summed E-state index contributed by atoms with van der Waals surface area (Å²) in [4.78, 5) is 29.9. The molecule has 1 amide bonds. The molecule has 2 N–H and O–H groups in total. The number of carbonyl (C=O) groups excluding carboxylic acids is 1. The monoisotopic (exact) mass is 319 g/mol. The molecular weight excluding hydrogens is 306 g/mol. The van der Waals surface area contributed by atoms with Crippen LogP contribution in [0.25, 0.3) is 4.96 Å². The molecule has 114 valence electrons. The van der Waals surface area contributed by atoms with Crippen LogP contribution in [0.4, 0.5) is 0 Å². The number of rotatable bonds is 4. The molecule has 0 aliphatic heterocycles. The second-order valence-corrected chi connectivity index (χ2v) is 5.93. The van der Waals surface area contributed by atoms with Gasteiger partial charge in [0.05, 0.1) is 12.8 Å². The minimum absolute atomic E-state index is 0.0584. The first-order chi connectivity index (χ1) is 10.6. The third-order valence-electron chi connectivity index (χ3n) is 3.09. The molecule has 3 aromatic heterocycles. The summed E-state index contributed by atoms with van der Waals surface area (Å²) in [7, 11) is 0. The highest BCUT2D eigenvalue weighted by Gasteiger charge is 2.17. The number of fused-ring (bicyclic) bond motifs is 1. The number of nitrogens with zero attached hydrogens (tertiary/aromatic N) is 2. The van der Waals surface area contributed by atoms with E-state index < -0.39 is 17.6 Å². The number of carbonyl (C=O) groups is 1. The van der Waals surface area contributed by atoms with Crippen LogP contribution in [0.3, 0.4) is 0 Å². The number of aliphatic hydroxyl groups is 1. The zero-order valence-electron chi connectivity index (χ0n) is 11.6. The molecule has 0 aliphatic carbocycles. The molecule has 0 radical (unpaired) electrons. The Labute approximate surface area is 128 Å². The standard InChI is InChI=1S/C14H13N3O4S/c1-8-7-17-13(20)9(5-16-14(17)22-8)12(19)15-6-10(18)11-3-2-4-21-11/h2-5,7,10,18H,6H2,1H3,(H,15,19). The van der Waals surface area contributed by atoms with Gasteiger partial charge in [-0.1, -0.05) is 0 Å². The van der Waals surface area contributed by atoms with Crippen LogP contribution in [0.2, 0.25) is 0 Å². The summed E-state index contributed by atoms with van der Waals surface area (Å²) >= 11 is 1.37. The first kappa shape index (κ1) is 14.5. The van der Waals surface area contributed by atoms with Crippen molar-refractivity contribution < 1.29 is 14.3 Å². The molecule has 7 nitrogen and oxygen atoms in total. The molecule has 3 rings (SSSR count). The summed E-state index contributed by atoms with van der Waals surface area (Å²) < 4.78 is 6.38. The molecule has 3 heterocycles. The van der Waals surface area contributed by atoms with Crippen molar-refractivity contribution in [3.8, 4) is 0 Å². The Bertz CT molecular complexity index is 866. The molecule has 1 atom stereocenters. The summed E-state index contributed by atoms with van der Waals surface area (Å²) in [6.07, 6.45) is 3.36. The van der Waals surface area contributed by atoms with Crippen molar-refractivity contribution in [3.05, 3.63) is 57.3 Å². The van der Waals surface area contributed by atoms with Gasteiger partial charge in [0.15, 0.2) is 4.96 Å². The van der Waals surface area contributed by atoms with Crippen molar-refractivity contribution in [1.29, 1.82) is 0 Å². The molecule has 0 bridgehead atoms. The summed E-state index contributed by atoms with van der Waals surface area (Å²) in [6, 6.07) is 3.25. The lowest BCUT2D eigenvalue weighted by Gasteiger charge is -2.09. The van der Waals surface area contributed by atoms with E-state index in [9.17, 15) is 14.7 Å². The van der Waals surface area contributed by atoms with Crippen LogP contribution in [-0.2, 0) is 0 Å². The number of amides is 1. The average Bonchev–Trinajstić information content (AvgIpc) is 3.13. The van der Waals surface area contributed by atoms with Gasteiger partial charge < -0.3 is 14.8 Å². The maximum Gasteiger partial charge on any atom is 0.271 e. The number of thiazole rings is 1. The second kappa shape index (κ2) is 5.74. The van der Waals surface area contributed by atoms with Crippen LogP contribution in [0.15, 0.2) is 40.0 Å². The molecule has 0 saturated carbocycles. The van der Waals surface area contributed by atoms with Gasteiger partial charge >= 0.3 is 0 Å². The van der Waals surface area contributed by atoms with Crippen molar-refractivity contribution >= 4 is 22.2 Å². The van der Waals surface area contributed by atoms with Crippen molar-refractivity contribution in [2.75, 3.05) is 6.54 Å². The Morgan fingerprint density at radius 3 is 3.14 bits per heavy atom. The smallest absolute Gasteiger partial charge is 0.271 e. The lowest BCUT2D eigenvalue weighted by atomic mass is 10.2. The Kier molecular flexibility index (Phi) is 3.78. The number of hydrogen-bond donors (Lipinski definition) is 2. The summed E-state index contributed by atoms with van der Waals surface area (Å²) in [5.41, 5.74) is -0.499. The number of furan rings is 1. The Balaban J connectivity index is 1.78. The topological polar surface area (TPSA) is 96.8 Å². The third-order valence-corrected chi connectivity index (χ3v) is 4.01. The van der Waals surface area contributed by atoms with E-state index in [2.05, 4.69) is 10.3 Å². The lowest BCUT2D eigenvalue weighted by Crippen LogP contribution is -2.33. The van der Waals surface area contributed by atoms with Crippen molar-refractivity contribution in [1.82, 2.24) is 14.7 Å². The molecule has 3 aromatic rings. The first-order valence-electron chi connectivity index (χ1n) is 6.53. The zero-order valence-corrected chi connectivity index (χ0v) is 12.5. The maximum absolute atomic E-state index is 12.2. The van der Waals surface area contributed by atoms with Gasteiger partial charge in [-0.15, -0.1) is 11.3 Å². The molecule has 22 heavy (non-hydrogen) atoms. The van der Waals surface area contributed by atoms with Gasteiger partial charge in [0.2, 0.25) is 0 Å². The van der Waals surface area contributed by atoms with E-state index in [0.717, 1.165) is 4.88 Å². The number of aromatic nitrogens is 2. The predicted octanol–water partition coefficient (Wildman–Crippen LogP) is 1.12. The Morgan fingerprint density at radius 1 is 1.59 bits per heavy atom. The van der Waals surface area contributed by atoms with E-state index in [4.69, 9.17) is 4.42 Å². The molecule has 0 saturated heterocycles. The molecule has 0 aromatic carbocycles. The average molecular weight is 319 g/mol. The fourth-order valence-electron chi connectivity index (χ4n) is 2.02. The number of aliphatic hydroxyl groups excluding tert-OH is 1. The molecule has 0 spiro atoms. The number of aryl methyl sites for hydroxylation is 1. The van der Waals surface area contributed by atoms with Gasteiger partial charge in [-0.3, -0.25) is 14.0 Å². The molecule has 0 aliphatic rings. The van der Waals surface area contributed by atoms with Gasteiger partial charge in [0, 0.05) is 17.3 Å². The highest BCUT2D eigenvalue weighted by Crippen LogP contribution is 2.13. The third kappa shape index (κ3) is 2.66. The lowest BCUT2D eigenvalue weighted by molar-refractivity contribution is 0.0899. The molecule has 1 unspecified atom stereocenters. The Hall–Kier alpha value is -2.45. The van der Waals surface area contributed by atoms with Gasteiger partial charge in [-0.2, -0.15) is 0 Å². The van der Waals surface area contributed by atoms with E-state index in [0.29, 0.717) is 10.7 Å². The fraction of sp³-hybridized carbons (Fsp3) is 0.214. The van der Waals surface area contributed by atoms with Crippen LogP contribution in [-0.4, -0.2) is 26.9 Å². The van der Waals surface area contributed by atoms with Crippen molar-refractivity contribution in [3.63, 3.8) is 0 Å². The molecular formula is C14H13N3O4S. The minimum atomic E-state index is -0.971. The van der Waals surface area contributed by atoms with E-state index in [1.165, 1.54) is 28.2 Å². The Morgan fingerprint density at radius 2 is 2.41 bits per heavy atom. The van der Waals surface area contributed by atoms with Crippen LogP contribution >= 0.6 is 11.3 Å². The molecule has 8 heteroatoms. The summed E-state index contributed by atoms with van der Waals surface area (Å²) in [5.74, 6) is -0.236. The largest absolute Gasteiger partial charge is 0.467 e. The van der Waals surface area contributed by atoms with Crippen molar-refractivity contribution in [2.45, 2.75) is 13.0 Å². The van der Waals surface area contributed by atoms with E-state index >= 15 is 0 Å². The SMILES string of the molecule is Cc1cn2c(=O)c(C(=O)NCC(O)c3ccco3)cnc2s1. The molecule has 0 fully saturated rings. The summed E-state index contributed by atoms with van der Waals surface area (Å²) in [6.45, 7) is 1.80. The zero-order chi connectivity index (χ0) is 15.7. The number of hydrogen-bond acceptors (Lipinski definition) is 6. The quantitative estimate of drug-likeness (QED) is 0.751. The predicted molar refractivity (Wildman–Crippen MR) is 80.1 cm³/mol. The highest BCUT2D eigenvalue weighted by atomic mass is 32.1. The minimum Gasteiger partial charge on any atom is -0.467 e. The maximum atomic E-state index is 12.2. The summed E-state index contributed by atoms with van der Waals surface area (Å²) in [5, 5.41) is 12.3. The van der Waals surface area contributed by atoms with E-state index in [1.807, 2.05) is 6.92 Å². The van der Waals surface area contributed by atoms with Crippen LogP contribution in [0.1, 0.15) is 27.1 Å². The normalized spacial score (nSPS) is 12.5. The second-order valence-electron chi connectivity index (χ2n) is 4.71. The highest BCUT2D eigenvalue weighted by molar-refractivity contribution is 7.16. The van der Waals surface area contributed by atoms with E-state index in [1.54, 1.807) is 18.3 Å². The van der Waals surface area contributed by atoms with Gasteiger partial charge in [0.1, 0.15) is 17.4 Å².